The van der Waals surface area contributed by atoms with Crippen LogP contribution in [0.5, 0.6) is 11.5 Å². The van der Waals surface area contributed by atoms with Gasteiger partial charge in [0.1, 0.15) is 19.3 Å². The monoisotopic (exact) mass is 514 g/mol. The van der Waals surface area contributed by atoms with Gasteiger partial charge in [0.15, 0.2) is 11.5 Å². The van der Waals surface area contributed by atoms with Gasteiger partial charge in [0.25, 0.3) is 0 Å². The topological polar surface area (TPSA) is 67.9 Å². The summed E-state index contributed by atoms with van der Waals surface area (Å²) in [6.07, 6.45) is 3.19. The minimum absolute atomic E-state index is 0.0466. The Bertz CT molecular complexity index is 1210. The molecular formula is C32H38N2O4. The highest BCUT2D eigenvalue weighted by molar-refractivity contribution is 5.88. The Morgan fingerprint density at radius 1 is 0.921 bits per heavy atom. The van der Waals surface area contributed by atoms with E-state index in [-0.39, 0.29) is 11.8 Å². The third-order valence-corrected chi connectivity index (χ3v) is 6.94. The fourth-order valence-electron chi connectivity index (χ4n) is 4.67. The lowest BCUT2D eigenvalue weighted by Crippen LogP contribution is -2.50. The molecule has 3 aromatic rings. The Hall–Kier alpha value is -3.80. The summed E-state index contributed by atoms with van der Waals surface area (Å²) in [6, 6.07) is 23.2. The van der Waals surface area contributed by atoms with Crippen LogP contribution in [0.25, 0.3) is 0 Å². The van der Waals surface area contributed by atoms with Crippen LogP contribution >= 0.6 is 0 Å². The van der Waals surface area contributed by atoms with E-state index in [2.05, 4.69) is 12.2 Å². The van der Waals surface area contributed by atoms with Crippen molar-refractivity contribution in [1.29, 1.82) is 0 Å². The summed E-state index contributed by atoms with van der Waals surface area (Å²) in [7, 11) is 0. The Labute approximate surface area is 226 Å². The zero-order valence-corrected chi connectivity index (χ0v) is 22.4. The number of nitrogens with zero attached hydrogens (tertiary/aromatic N) is 1. The number of amides is 2. The quantitative estimate of drug-likeness (QED) is 0.335. The molecule has 3 aromatic carbocycles. The van der Waals surface area contributed by atoms with Crippen LogP contribution in [-0.2, 0) is 29.0 Å². The molecule has 0 saturated carbocycles. The highest BCUT2D eigenvalue weighted by Gasteiger charge is 2.30. The molecule has 1 aliphatic heterocycles. The fourth-order valence-corrected chi connectivity index (χ4v) is 4.67. The molecule has 0 fully saturated rings. The number of hydrogen-bond acceptors (Lipinski definition) is 4. The molecule has 0 spiro atoms. The van der Waals surface area contributed by atoms with Crippen LogP contribution in [0.4, 0.5) is 0 Å². The van der Waals surface area contributed by atoms with Gasteiger partial charge in [-0.25, -0.2) is 0 Å². The number of hydrogen-bond donors (Lipinski definition) is 1. The van der Waals surface area contributed by atoms with Crippen molar-refractivity contribution in [3.63, 3.8) is 0 Å². The number of aryl methyl sites for hydroxylation is 2. The van der Waals surface area contributed by atoms with Crippen molar-refractivity contribution in [2.75, 3.05) is 19.8 Å². The number of nitrogens with one attached hydrogen (secondary N) is 1. The lowest BCUT2D eigenvalue weighted by molar-refractivity contribution is -0.141. The number of fused-ring (bicyclic) bond motifs is 1. The molecule has 6 heteroatoms. The standard InChI is InChI=1S/C32H38N2O4/c1-3-4-18-33-32(36)28(21-25-11-6-5-7-12-25)34(23-27-13-9-8-10-24(27)2)31(35)17-15-26-14-16-29-30(22-26)38-20-19-37-29/h5-14,16,22,28H,3-4,15,17-21,23H2,1-2H3,(H,33,36)/t28-/m0/s1. The van der Waals surface area contributed by atoms with Crippen molar-refractivity contribution in [1.82, 2.24) is 10.2 Å². The molecule has 200 valence electrons. The van der Waals surface area contributed by atoms with E-state index < -0.39 is 6.04 Å². The summed E-state index contributed by atoms with van der Waals surface area (Å²) in [5.74, 6) is 1.30. The van der Waals surface area contributed by atoms with Gasteiger partial charge in [-0.3, -0.25) is 9.59 Å². The Kier molecular flexibility index (Phi) is 9.79. The Morgan fingerprint density at radius 3 is 2.42 bits per heavy atom. The molecule has 1 aliphatic rings. The zero-order valence-electron chi connectivity index (χ0n) is 22.4. The highest BCUT2D eigenvalue weighted by Crippen LogP contribution is 2.31. The van der Waals surface area contributed by atoms with E-state index in [0.29, 0.717) is 45.6 Å². The molecule has 1 atom stereocenters. The summed E-state index contributed by atoms with van der Waals surface area (Å²) in [6.45, 7) is 6.19. The normalized spacial score (nSPS) is 13.0. The van der Waals surface area contributed by atoms with Crippen molar-refractivity contribution >= 4 is 11.8 Å². The van der Waals surface area contributed by atoms with Crippen LogP contribution in [0.3, 0.4) is 0 Å². The number of ether oxygens (including phenoxy) is 2. The van der Waals surface area contributed by atoms with E-state index in [1.807, 2.05) is 79.7 Å². The van der Waals surface area contributed by atoms with Gasteiger partial charge in [0.2, 0.25) is 11.8 Å². The predicted octanol–water partition coefficient (Wildman–Crippen LogP) is 5.26. The summed E-state index contributed by atoms with van der Waals surface area (Å²) in [4.78, 5) is 29.2. The first-order valence-electron chi connectivity index (χ1n) is 13.6. The average molecular weight is 515 g/mol. The van der Waals surface area contributed by atoms with Gasteiger partial charge in [-0.05, 0) is 54.2 Å². The maximum atomic E-state index is 13.9. The van der Waals surface area contributed by atoms with Crippen LogP contribution in [0.2, 0.25) is 0 Å². The van der Waals surface area contributed by atoms with Gasteiger partial charge in [0.05, 0.1) is 0 Å². The van der Waals surface area contributed by atoms with Crippen LogP contribution < -0.4 is 14.8 Å². The third-order valence-electron chi connectivity index (χ3n) is 6.94. The van der Waals surface area contributed by atoms with E-state index in [4.69, 9.17) is 9.47 Å². The number of benzene rings is 3. The first kappa shape index (κ1) is 27.2. The van der Waals surface area contributed by atoms with Crippen molar-refractivity contribution in [2.24, 2.45) is 0 Å². The molecule has 4 rings (SSSR count). The first-order chi connectivity index (χ1) is 18.5. The van der Waals surface area contributed by atoms with E-state index in [0.717, 1.165) is 46.6 Å². The Morgan fingerprint density at radius 2 is 1.66 bits per heavy atom. The molecular weight excluding hydrogens is 476 g/mol. The molecule has 1 N–H and O–H groups in total. The smallest absolute Gasteiger partial charge is 0.243 e. The largest absolute Gasteiger partial charge is 0.486 e. The number of carbonyl (C=O) groups excluding carboxylic acids is 2. The lowest BCUT2D eigenvalue weighted by Gasteiger charge is -2.32. The Balaban J connectivity index is 1.58. The average Bonchev–Trinajstić information content (AvgIpc) is 2.95. The van der Waals surface area contributed by atoms with E-state index in [1.165, 1.54) is 0 Å². The number of unbranched alkanes of at least 4 members (excludes halogenated alkanes) is 1. The van der Waals surface area contributed by atoms with Gasteiger partial charge in [0, 0.05) is 25.9 Å². The van der Waals surface area contributed by atoms with Crippen molar-refractivity contribution in [3.05, 3.63) is 95.1 Å². The van der Waals surface area contributed by atoms with Gasteiger partial charge in [-0.1, -0.05) is 74.0 Å². The predicted molar refractivity (Wildman–Crippen MR) is 149 cm³/mol. The summed E-state index contributed by atoms with van der Waals surface area (Å²) in [5, 5.41) is 3.08. The maximum Gasteiger partial charge on any atom is 0.243 e. The van der Waals surface area contributed by atoms with Crippen LogP contribution in [-0.4, -0.2) is 42.5 Å². The SMILES string of the molecule is CCCCNC(=O)[C@H](Cc1ccccc1)N(Cc1ccccc1C)C(=O)CCc1ccc2c(c1)OCCO2. The van der Waals surface area contributed by atoms with E-state index >= 15 is 0 Å². The molecule has 0 radical (unpaired) electrons. The van der Waals surface area contributed by atoms with Gasteiger partial charge in [-0.2, -0.15) is 0 Å². The molecule has 0 aromatic heterocycles. The van der Waals surface area contributed by atoms with E-state index in [1.54, 1.807) is 4.90 Å². The van der Waals surface area contributed by atoms with Crippen molar-refractivity contribution < 1.29 is 19.1 Å². The number of carbonyl (C=O) groups is 2. The number of rotatable bonds is 12. The molecule has 0 unspecified atom stereocenters. The fraction of sp³-hybridized carbons (Fsp3) is 0.375. The van der Waals surface area contributed by atoms with Crippen molar-refractivity contribution in [3.8, 4) is 11.5 Å². The first-order valence-corrected chi connectivity index (χ1v) is 13.6. The van der Waals surface area contributed by atoms with Crippen LogP contribution in [0.15, 0.2) is 72.8 Å². The lowest BCUT2D eigenvalue weighted by atomic mass is 10.00. The van der Waals surface area contributed by atoms with Crippen LogP contribution in [0, 0.1) is 6.92 Å². The van der Waals surface area contributed by atoms with Crippen molar-refractivity contribution in [2.45, 2.75) is 58.5 Å². The second-order valence-electron chi connectivity index (χ2n) is 9.78. The summed E-state index contributed by atoms with van der Waals surface area (Å²) < 4.78 is 11.3. The summed E-state index contributed by atoms with van der Waals surface area (Å²) in [5.41, 5.74) is 4.17. The third kappa shape index (κ3) is 7.37. The van der Waals surface area contributed by atoms with Gasteiger partial charge < -0.3 is 19.7 Å². The molecule has 6 nitrogen and oxygen atoms in total. The minimum Gasteiger partial charge on any atom is -0.486 e. The highest BCUT2D eigenvalue weighted by atomic mass is 16.6. The molecule has 2 amide bonds. The molecule has 0 saturated heterocycles. The van der Waals surface area contributed by atoms with Gasteiger partial charge in [-0.15, -0.1) is 0 Å². The molecule has 38 heavy (non-hydrogen) atoms. The van der Waals surface area contributed by atoms with E-state index in [9.17, 15) is 9.59 Å². The summed E-state index contributed by atoms with van der Waals surface area (Å²) >= 11 is 0. The van der Waals surface area contributed by atoms with Crippen LogP contribution in [0.1, 0.15) is 48.4 Å². The zero-order chi connectivity index (χ0) is 26.7. The van der Waals surface area contributed by atoms with Gasteiger partial charge >= 0.3 is 0 Å². The maximum absolute atomic E-state index is 13.9. The molecule has 1 heterocycles. The minimum atomic E-state index is -0.610. The molecule has 0 aliphatic carbocycles. The molecule has 0 bridgehead atoms. The second kappa shape index (κ2) is 13.7. The second-order valence-corrected chi connectivity index (χ2v) is 9.78.